The first-order valence-corrected chi connectivity index (χ1v) is 11.0. The number of benzene rings is 2. The van der Waals surface area contributed by atoms with Gasteiger partial charge in [-0.15, -0.1) is 0 Å². The number of hydrogen-bond donors (Lipinski definition) is 1. The fraction of sp³-hybridized carbons (Fsp3) is 0.360. The van der Waals surface area contributed by atoms with Crippen molar-refractivity contribution in [3.63, 3.8) is 0 Å². The van der Waals surface area contributed by atoms with Crippen molar-refractivity contribution < 1.29 is 23.8 Å². The van der Waals surface area contributed by atoms with Crippen LogP contribution in [0.5, 0.6) is 11.5 Å². The lowest BCUT2D eigenvalue weighted by atomic mass is 10.0. The summed E-state index contributed by atoms with van der Waals surface area (Å²) >= 11 is 0. The molecule has 8 nitrogen and oxygen atoms in total. The zero-order chi connectivity index (χ0) is 23.4. The zero-order valence-corrected chi connectivity index (χ0v) is 19.2. The Labute approximate surface area is 193 Å². The lowest BCUT2D eigenvalue weighted by molar-refractivity contribution is -0.137. The van der Waals surface area contributed by atoms with Crippen molar-refractivity contribution in [2.75, 3.05) is 58.9 Å². The Kier molecular flexibility index (Phi) is 6.96. The second-order valence-corrected chi connectivity index (χ2v) is 8.02. The zero-order valence-electron chi connectivity index (χ0n) is 19.2. The summed E-state index contributed by atoms with van der Waals surface area (Å²) in [6, 6.07) is 12.8. The number of carbonyl (C=O) groups excluding carboxylic acids is 2. The van der Waals surface area contributed by atoms with E-state index in [2.05, 4.69) is 10.2 Å². The monoisotopic (exact) mass is 451 g/mol. The van der Waals surface area contributed by atoms with Crippen LogP contribution in [0.2, 0.25) is 0 Å². The van der Waals surface area contributed by atoms with E-state index in [1.54, 1.807) is 38.5 Å². The molecular weight excluding hydrogens is 422 g/mol. The molecule has 1 saturated heterocycles. The Hall–Kier alpha value is -3.36. The number of imide groups is 1. The predicted octanol–water partition coefficient (Wildman–Crippen LogP) is 2.54. The summed E-state index contributed by atoms with van der Waals surface area (Å²) in [6.45, 7) is 5.79. The highest BCUT2D eigenvalue weighted by Gasteiger charge is 2.39. The number of carbonyl (C=O) groups is 2. The molecule has 1 fully saturated rings. The van der Waals surface area contributed by atoms with E-state index in [1.807, 2.05) is 25.1 Å². The third kappa shape index (κ3) is 4.86. The molecule has 8 heteroatoms. The summed E-state index contributed by atoms with van der Waals surface area (Å²) in [7, 11) is 3.16. The summed E-state index contributed by atoms with van der Waals surface area (Å²) < 4.78 is 16.1. The third-order valence-corrected chi connectivity index (χ3v) is 5.90. The van der Waals surface area contributed by atoms with E-state index in [0.717, 1.165) is 18.7 Å². The summed E-state index contributed by atoms with van der Waals surface area (Å²) in [6.07, 6.45) is 0. The quantitative estimate of drug-likeness (QED) is 0.618. The van der Waals surface area contributed by atoms with E-state index in [0.29, 0.717) is 54.6 Å². The summed E-state index contributed by atoms with van der Waals surface area (Å²) in [5, 5.41) is 3.20. The van der Waals surface area contributed by atoms with Gasteiger partial charge < -0.3 is 19.5 Å². The van der Waals surface area contributed by atoms with Gasteiger partial charge >= 0.3 is 0 Å². The topological polar surface area (TPSA) is 80.3 Å². The second-order valence-electron chi connectivity index (χ2n) is 8.02. The maximum atomic E-state index is 13.5. The third-order valence-electron chi connectivity index (χ3n) is 5.90. The molecule has 174 valence electrons. The molecule has 2 aromatic carbocycles. The number of anilines is 1. The van der Waals surface area contributed by atoms with Crippen molar-refractivity contribution in [3.8, 4) is 11.5 Å². The lowest BCUT2D eigenvalue weighted by Gasteiger charge is -2.28. The standard InChI is InChI=1S/C25H29N3O5/c1-17-4-9-21(32-3)20(16-17)26-23-22(18-5-7-19(31-2)8-6-18)24(29)28(25(23)30)11-10-27-12-14-33-15-13-27/h4-9,16,26H,10-15H2,1-3H3. The summed E-state index contributed by atoms with van der Waals surface area (Å²) in [4.78, 5) is 30.4. The number of ether oxygens (including phenoxy) is 3. The second kappa shape index (κ2) is 10.1. The Morgan fingerprint density at radius 2 is 1.67 bits per heavy atom. The smallest absolute Gasteiger partial charge is 0.278 e. The predicted molar refractivity (Wildman–Crippen MR) is 125 cm³/mol. The van der Waals surface area contributed by atoms with Crippen LogP contribution >= 0.6 is 0 Å². The van der Waals surface area contributed by atoms with Crippen LogP contribution in [-0.2, 0) is 14.3 Å². The molecule has 0 aliphatic carbocycles. The van der Waals surface area contributed by atoms with Crippen molar-refractivity contribution in [1.82, 2.24) is 9.80 Å². The molecule has 0 atom stereocenters. The van der Waals surface area contributed by atoms with E-state index < -0.39 is 0 Å². The molecule has 4 rings (SSSR count). The van der Waals surface area contributed by atoms with Gasteiger partial charge in [-0.05, 0) is 42.3 Å². The largest absolute Gasteiger partial charge is 0.497 e. The van der Waals surface area contributed by atoms with Crippen molar-refractivity contribution in [2.45, 2.75) is 6.92 Å². The van der Waals surface area contributed by atoms with Gasteiger partial charge in [0.15, 0.2) is 0 Å². The van der Waals surface area contributed by atoms with E-state index in [1.165, 1.54) is 4.90 Å². The molecule has 2 aromatic rings. The number of nitrogens with one attached hydrogen (secondary N) is 1. The van der Waals surface area contributed by atoms with Crippen molar-refractivity contribution >= 4 is 23.1 Å². The molecule has 0 unspecified atom stereocenters. The highest BCUT2D eigenvalue weighted by atomic mass is 16.5. The number of rotatable bonds is 8. The van der Waals surface area contributed by atoms with Crippen LogP contribution in [0.1, 0.15) is 11.1 Å². The Morgan fingerprint density at radius 1 is 0.939 bits per heavy atom. The van der Waals surface area contributed by atoms with Gasteiger partial charge in [-0.3, -0.25) is 19.4 Å². The van der Waals surface area contributed by atoms with Crippen LogP contribution in [0.15, 0.2) is 48.2 Å². The summed E-state index contributed by atoms with van der Waals surface area (Å²) in [5.41, 5.74) is 2.88. The molecule has 0 saturated carbocycles. The maximum absolute atomic E-state index is 13.5. The van der Waals surface area contributed by atoms with Crippen molar-refractivity contribution in [2.24, 2.45) is 0 Å². The fourth-order valence-electron chi connectivity index (χ4n) is 4.04. The molecular formula is C25H29N3O5. The van der Waals surface area contributed by atoms with Crippen LogP contribution in [0.4, 0.5) is 5.69 Å². The normalized spacial score (nSPS) is 17.0. The molecule has 2 aliphatic heterocycles. The Balaban J connectivity index is 1.67. The van der Waals surface area contributed by atoms with Gasteiger partial charge in [0.25, 0.3) is 11.8 Å². The molecule has 2 heterocycles. The van der Waals surface area contributed by atoms with Crippen LogP contribution < -0.4 is 14.8 Å². The number of amides is 2. The average molecular weight is 452 g/mol. The molecule has 0 radical (unpaired) electrons. The first kappa shape index (κ1) is 22.8. The molecule has 0 aromatic heterocycles. The van der Waals surface area contributed by atoms with Gasteiger partial charge in [0.05, 0.1) is 38.7 Å². The molecule has 2 amide bonds. The fourth-order valence-corrected chi connectivity index (χ4v) is 4.04. The molecule has 1 N–H and O–H groups in total. The number of hydrogen-bond acceptors (Lipinski definition) is 7. The molecule has 33 heavy (non-hydrogen) atoms. The summed E-state index contributed by atoms with van der Waals surface area (Å²) in [5.74, 6) is 0.611. The first-order chi connectivity index (χ1) is 16.0. The highest BCUT2D eigenvalue weighted by Crippen LogP contribution is 2.34. The van der Waals surface area contributed by atoms with Crippen LogP contribution in [0.3, 0.4) is 0 Å². The van der Waals surface area contributed by atoms with Crippen LogP contribution in [0, 0.1) is 6.92 Å². The van der Waals surface area contributed by atoms with Crippen molar-refractivity contribution in [3.05, 3.63) is 59.3 Å². The van der Waals surface area contributed by atoms with Crippen molar-refractivity contribution in [1.29, 1.82) is 0 Å². The van der Waals surface area contributed by atoms with Crippen LogP contribution in [0.25, 0.3) is 5.57 Å². The van der Waals surface area contributed by atoms with Crippen LogP contribution in [-0.4, -0.2) is 75.2 Å². The lowest BCUT2D eigenvalue weighted by Crippen LogP contribution is -2.43. The molecule has 0 spiro atoms. The van der Waals surface area contributed by atoms with Gasteiger partial charge in [0, 0.05) is 26.2 Å². The van der Waals surface area contributed by atoms with Gasteiger partial charge in [0.1, 0.15) is 17.2 Å². The van der Waals surface area contributed by atoms with Gasteiger partial charge in [-0.2, -0.15) is 0 Å². The number of aryl methyl sites for hydroxylation is 1. The average Bonchev–Trinajstić information content (AvgIpc) is 3.07. The SMILES string of the molecule is COc1ccc(C2=C(Nc3cc(C)ccc3OC)C(=O)N(CCN3CCOCC3)C2=O)cc1. The number of morpholine rings is 1. The Morgan fingerprint density at radius 3 is 2.33 bits per heavy atom. The minimum atomic E-state index is -0.345. The Bertz CT molecular complexity index is 1060. The van der Waals surface area contributed by atoms with Gasteiger partial charge in [0.2, 0.25) is 0 Å². The van der Waals surface area contributed by atoms with E-state index in [-0.39, 0.29) is 17.5 Å². The van der Waals surface area contributed by atoms with E-state index in [9.17, 15) is 9.59 Å². The molecule has 2 aliphatic rings. The molecule has 0 bridgehead atoms. The first-order valence-electron chi connectivity index (χ1n) is 11.0. The maximum Gasteiger partial charge on any atom is 0.278 e. The van der Waals surface area contributed by atoms with E-state index in [4.69, 9.17) is 14.2 Å². The minimum Gasteiger partial charge on any atom is -0.497 e. The van der Waals surface area contributed by atoms with Gasteiger partial charge in [-0.1, -0.05) is 18.2 Å². The van der Waals surface area contributed by atoms with E-state index >= 15 is 0 Å². The minimum absolute atomic E-state index is 0.246. The number of methoxy groups -OCH3 is 2. The van der Waals surface area contributed by atoms with Gasteiger partial charge in [-0.25, -0.2) is 0 Å². The highest BCUT2D eigenvalue weighted by molar-refractivity contribution is 6.36. The number of nitrogens with zero attached hydrogens (tertiary/aromatic N) is 2.